The number of rotatable bonds is 5. The Morgan fingerprint density at radius 2 is 2.06 bits per heavy atom. The van der Waals surface area contributed by atoms with Crippen LogP contribution in [0.2, 0.25) is 0 Å². The predicted molar refractivity (Wildman–Crippen MR) is 64.5 cm³/mol. The number of ether oxygens (including phenoxy) is 1. The van der Waals surface area contributed by atoms with Gasteiger partial charge in [-0.25, -0.2) is 0 Å². The average molecular weight is 242 g/mol. The summed E-state index contributed by atoms with van der Waals surface area (Å²) in [7, 11) is 0. The van der Waals surface area contributed by atoms with Gasteiger partial charge in [0.1, 0.15) is 11.6 Å². The molecule has 5 nitrogen and oxygen atoms in total. The van der Waals surface area contributed by atoms with Crippen molar-refractivity contribution in [2.24, 2.45) is 0 Å². The third-order valence-electron chi connectivity index (χ3n) is 3.37. The Labute approximate surface area is 102 Å². The summed E-state index contributed by atoms with van der Waals surface area (Å²) in [5, 5.41) is 2.79. The molecule has 0 aliphatic carbocycles. The lowest BCUT2D eigenvalue weighted by atomic mass is 9.92. The van der Waals surface area contributed by atoms with Crippen molar-refractivity contribution in [2.45, 2.75) is 45.7 Å². The van der Waals surface area contributed by atoms with Gasteiger partial charge in [0, 0.05) is 13.2 Å². The normalized spacial score (nSPS) is 29.4. The second kappa shape index (κ2) is 5.49. The number of carbonyl (C=O) groups excluding carboxylic acids is 2. The fourth-order valence-electron chi connectivity index (χ4n) is 1.91. The van der Waals surface area contributed by atoms with Gasteiger partial charge in [-0.15, -0.1) is 0 Å². The van der Waals surface area contributed by atoms with Crippen molar-refractivity contribution in [1.82, 2.24) is 10.2 Å². The summed E-state index contributed by atoms with van der Waals surface area (Å²) in [6.07, 6.45) is 0.593. The Kier molecular flexibility index (Phi) is 4.51. The van der Waals surface area contributed by atoms with Gasteiger partial charge in [-0.2, -0.15) is 0 Å². The molecule has 1 saturated heterocycles. The molecule has 1 heterocycles. The van der Waals surface area contributed by atoms with Gasteiger partial charge in [-0.05, 0) is 27.2 Å². The first-order chi connectivity index (χ1) is 7.96. The van der Waals surface area contributed by atoms with Crippen LogP contribution in [0.15, 0.2) is 0 Å². The summed E-state index contributed by atoms with van der Waals surface area (Å²) in [5.41, 5.74) is -0.768. The van der Waals surface area contributed by atoms with Crippen molar-refractivity contribution >= 4 is 11.8 Å². The maximum Gasteiger partial charge on any atom is 0.248 e. The number of amides is 2. The van der Waals surface area contributed by atoms with Gasteiger partial charge >= 0.3 is 0 Å². The van der Waals surface area contributed by atoms with Crippen LogP contribution < -0.4 is 5.32 Å². The third-order valence-corrected chi connectivity index (χ3v) is 3.37. The van der Waals surface area contributed by atoms with E-state index >= 15 is 0 Å². The van der Waals surface area contributed by atoms with E-state index in [1.165, 1.54) is 0 Å². The fourth-order valence-corrected chi connectivity index (χ4v) is 1.91. The zero-order chi connectivity index (χ0) is 13.1. The highest BCUT2D eigenvalue weighted by molar-refractivity contribution is 5.99. The molecule has 1 aliphatic heterocycles. The minimum absolute atomic E-state index is 0.0215. The van der Waals surface area contributed by atoms with E-state index in [9.17, 15) is 9.59 Å². The van der Waals surface area contributed by atoms with E-state index in [1.54, 1.807) is 18.7 Å². The summed E-state index contributed by atoms with van der Waals surface area (Å²) in [4.78, 5) is 25.7. The van der Waals surface area contributed by atoms with E-state index in [1.807, 2.05) is 13.8 Å². The average Bonchev–Trinajstić information content (AvgIpc) is 2.31. The number of nitrogens with zero attached hydrogens (tertiary/aromatic N) is 1. The molecule has 1 fully saturated rings. The molecule has 0 radical (unpaired) electrons. The van der Waals surface area contributed by atoms with E-state index < -0.39 is 11.6 Å². The first-order valence-corrected chi connectivity index (χ1v) is 6.17. The molecule has 2 atom stereocenters. The van der Waals surface area contributed by atoms with Gasteiger partial charge in [0.15, 0.2) is 0 Å². The standard InChI is InChI=1S/C12H22N2O3/c1-5-12(4)11(16)14(7-8-17-6-2)9(3)10(15)13-12/h9H,5-8H2,1-4H3,(H,13,15). The van der Waals surface area contributed by atoms with Gasteiger partial charge in [0.25, 0.3) is 0 Å². The first kappa shape index (κ1) is 14.0. The van der Waals surface area contributed by atoms with Crippen LogP contribution in [0, 0.1) is 0 Å². The topological polar surface area (TPSA) is 58.6 Å². The van der Waals surface area contributed by atoms with E-state index in [2.05, 4.69) is 5.32 Å². The van der Waals surface area contributed by atoms with Crippen LogP contribution in [0.25, 0.3) is 0 Å². The highest BCUT2D eigenvalue weighted by atomic mass is 16.5. The highest BCUT2D eigenvalue weighted by Crippen LogP contribution is 2.20. The van der Waals surface area contributed by atoms with E-state index in [4.69, 9.17) is 4.74 Å². The Balaban J connectivity index is 2.77. The Morgan fingerprint density at radius 1 is 1.41 bits per heavy atom. The van der Waals surface area contributed by atoms with Crippen LogP contribution in [0.3, 0.4) is 0 Å². The van der Waals surface area contributed by atoms with Crippen molar-refractivity contribution in [3.05, 3.63) is 0 Å². The number of nitrogens with one attached hydrogen (secondary N) is 1. The lowest BCUT2D eigenvalue weighted by Crippen LogP contribution is -2.68. The van der Waals surface area contributed by atoms with Crippen molar-refractivity contribution in [3.63, 3.8) is 0 Å². The first-order valence-electron chi connectivity index (χ1n) is 6.17. The quantitative estimate of drug-likeness (QED) is 0.716. The molecule has 0 bridgehead atoms. The summed E-state index contributed by atoms with van der Waals surface area (Å²) < 4.78 is 5.24. The molecule has 1 N–H and O–H groups in total. The summed E-state index contributed by atoms with van der Waals surface area (Å²) in [5.74, 6) is -0.114. The zero-order valence-electron chi connectivity index (χ0n) is 11.1. The van der Waals surface area contributed by atoms with Crippen molar-refractivity contribution in [2.75, 3.05) is 19.8 Å². The van der Waals surface area contributed by atoms with Gasteiger partial charge in [-0.3, -0.25) is 9.59 Å². The van der Waals surface area contributed by atoms with Crippen molar-refractivity contribution in [1.29, 1.82) is 0 Å². The number of hydrogen-bond acceptors (Lipinski definition) is 3. The zero-order valence-corrected chi connectivity index (χ0v) is 11.1. The summed E-state index contributed by atoms with van der Waals surface area (Å²) in [6.45, 7) is 8.88. The molecule has 0 aromatic rings. The smallest absolute Gasteiger partial charge is 0.248 e. The van der Waals surface area contributed by atoms with Gasteiger partial charge in [-0.1, -0.05) is 6.92 Å². The summed E-state index contributed by atoms with van der Waals surface area (Å²) >= 11 is 0. The Hall–Kier alpha value is -1.10. The molecule has 1 rings (SSSR count). The minimum atomic E-state index is -0.768. The largest absolute Gasteiger partial charge is 0.380 e. The number of carbonyl (C=O) groups is 2. The molecule has 5 heteroatoms. The molecule has 0 aromatic heterocycles. The second-order valence-corrected chi connectivity index (χ2v) is 4.55. The molecular formula is C12H22N2O3. The van der Waals surface area contributed by atoms with Crippen LogP contribution in [0.5, 0.6) is 0 Å². The molecule has 1 aliphatic rings. The third kappa shape index (κ3) is 2.77. The van der Waals surface area contributed by atoms with Gasteiger partial charge in [0.2, 0.25) is 11.8 Å². The maximum atomic E-state index is 12.3. The van der Waals surface area contributed by atoms with Gasteiger partial charge in [0.05, 0.1) is 6.61 Å². The molecule has 98 valence electrons. The summed E-state index contributed by atoms with van der Waals surface area (Å²) in [6, 6.07) is -0.414. The Bertz CT molecular complexity index is 306. The molecule has 17 heavy (non-hydrogen) atoms. The highest BCUT2D eigenvalue weighted by Gasteiger charge is 2.44. The molecule has 0 aromatic carbocycles. The SMILES string of the molecule is CCOCCN1C(=O)C(C)(CC)NC(=O)C1C. The van der Waals surface area contributed by atoms with E-state index in [0.717, 1.165) is 0 Å². The van der Waals surface area contributed by atoms with Crippen LogP contribution in [0.1, 0.15) is 34.1 Å². The fraction of sp³-hybridized carbons (Fsp3) is 0.833. The second-order valence-electron chi connectivity index (χ2n) is 4.55. The minimum Gasteiger partial charge on any atom is -0.380 e. The lowest BCUT2D eigenvalue weighted by molar-refractivity contribution is -0.154. The monoisotopic (exact) mass is 242 g/mol. The number of piperazine rings is 1. The Morgan fingerprint density at radius 3 is 2.59 bits per heavy atom. The maximum absolute atomic E-state index is 12.3. The molecular weight excluding hydrogens is 220 g/mol. The van der Waals surface area contributed by atoms with Crippen molar-refractivity contribution < 1.29 is 14.3 Å². The van der Waals surface area contributed by atoms with E-state index in [0.29, 0.717) is 26.2 Å². The molecule has 0 spiro atoms. The van der Waals surface area contributed by atoms with Crippen LogP contribution in [-0.2, 0) is 14.3 Å². The molecule has 2 unspecified atom stereocenters. The van der Waals surface area contributed by atoms with E-state index in [-0.39, 0.29) is 11.8 Å². The van der Waals surface area contributed by atoms with Crippen LogP contribution in [-0.4, -0.2) is 48.1 Å². The predicted octanol–water partition coefficient (Wildman–Crippen LogP) is 0.538. The van der Waals surface area contributed by atoms with Crippen LogP contribution >= 0.6 is 0 Å². The van der Waals surface area contributed by atoms with Crippen LogP contribution in [0.4, 0.5) is 0 Å². The lowest BCUT2D eigenvalue weighted by Gasteiger charge is -2.42. The molecule has 0 saturated carbocycles. The van der Waals surface area contributed by atoms with Crippen molar-refractivity contribution in [3.8, 4) is 0 Å². The van der Waals surface area contributed by atoms with Gasteiger partial charge < -0.3 is 15.0 Å². The number of hydrogen-bond donors (Lipinski definition) is 1. The molecule has 2 amide bonds.